The van der Waals surface area contributed by atoms with Crippen molar-refractivity contribution in [3.63, 3.8) is 0 Å². The lowest BCUT2D eigenvalue weighted by molar-refractivity contribution is -0.138. The monoisotopic (exact) mass is 273 g/mol. The van der Waals surface area contributed by atoms with Crippen LogP contribution in [-0.2, 0) is 15.1 Å². The van der Waals surface area contributed by atoms with Crippen molar-refractivity contribution in [3.05, 3.63) is 29.8 Å². The SMILES string of the molecule is CC1(c2ccc(N3CCNC(=O)C3=O)cc2)CCCN1. The van der Waals surface area contributed by atoms with Crippen LogP contribution in [0, 0.1) is 0 Å². The summed E-state index contributed by atoms with van der Waals surface area (Å²) in [5.41, 5.74) is 2.05. The maximum absolute atomic E-state index is 11.8. The Bertz CT molecular complexity index is 533. The number of carbonyl (C=O) groups is 2. The number of nitrogens with zero attached hydrogens (tertiary/aromatic N) is 1. The van der Waals surface area contributed by atoms with E-state index >= 15 is 0 Å². The molecule has 3 rings (SSSR count). The van der Waals surface area contributed by atoms with Crippen LogP contribution in [0.25, 0.3) is 0 Å². The zero-order valence-electron chi connectivity index (χ0n) is 11.6. The van der Waals surface area contributed by atoms with Crippen LogP contribution in [0.15, 0.2) is 24.3 Å². The van der Waals surface area contributed by atoms with Gasteiger partial charge in [0, 0.05) is 24.3 Å². The lowest BCUT2D eigenvalue weighted by Gasteiger charge is -2.28. The van der Waals surface area contributed by atoms with Crippen molar-refractivity contribution in [2.24, 2.45) is 0 Å². The Morgan fingerprint density at radius 3 is 2.55 bits per heavy atom. The molecule has 2 heterocycles. The molecule has 2 aliphatic heterocycles. The third kappa shape index (κ3) is 2.18. The molecule has 0 bridgehead atoms. The molecule has 106 valence electrons. The van der Waals surface area contributed by atoms with Gasteiger partial charge in [-0.2, -0.15) is 0 Å². The Hall–Kier alpha value is -1.88. The van der Waals surface area contributed by atoms with E-state index in [0.717, 1.165) is 18.7 Å². The fraction of sp³-hybridized carbons (Fsp3) is 0.467. The highest BCUT2D eigenvalue weighted by Gasteiger charge is 2.31. The second kappa shape index (κ2) is 4.90. The fourth-order valence-corrected chi connectivity index (χ4v) is 2.98. The second-order valence-corrected chi connectivity index (χ2v) is 5.62. The van der Waals surface area contributed by atoms with Crippen molar-refractivity contribution in [2.75, 3.05) is 24.5 Å². The fourth-order valence-electron chi connectivity index (χ4n) is 2.98. The van der Waals surface area contributed by atoms with Gasteiger partial charge in [0.1, 0.15) is 0 Å². The maximum Gasteiger partial charge on any atom is 0.316 e. The molecule has 5 nitrogen and oxygen atoms in total. The van der Waals surface area contributed by atoms with E-state index in [1.165, 1.54) is 16.9 Å². The summed E-state index contributed by atoms with van der Waals surface area (Å²) in [6.07, 6.45) is 2.31. The summed E-state index contributed by atoms with van der Waals surface area (Å²) in [7, 11) is 0. The van der Waals surface area contributed by atoms with Crippen molar-refractivity contribution >= 4 is 17.5 Å². The highest BCUT2D eigenvalue weighted by Crippen LogP contribution is 2.31. The van der Waals surface area contributed by atoms with E-state index in [1.807, 2.05) is 24.3 Å². The first kappa shape index (κ1) is 13.1. The van der Waals surface area contributed by atoms with Gasteiger partial charge >= 0.3 is 11.8 Å². The number of hydrogen-bond acceptors (Lipinski definition) is 3. The quantitative estimate of drug-likeness (QED) is 0.782. The van der Waals surface area contributed by atoms with E-state index in [4.69, 9.17) is 0 Å². The molecule has 1 atom stereocenters. The van der Waals surface area contributed by atoms with Gasteiger partial charge in [0.05, 0.1) is 0 Å². The van der Waals surface area contributed by atoms with E-state index < -0.39 is 11.8 Å². The minimum Gasteiger partial charge on any atom is -0.346 e. The Balaban J connectivity index is 1.82. The molecule has 0 spiro atoms. The minimum atomic E-state index is -0.523. The lowest BCUT2D eigenvalue weighted by atomic mass is 9.90. The molecule has 5 heteroatoms. The van der Waals surface area contributed by atoms with Crippen molar-refractivity contribution in [3.8, 4) is 0 Å². The summed E-state index contributed by atoms with van der Waals surface area (Å²) < 4.78 is 0. The Morgan fingerprint density at radius 2 is 1.90 bits per heavy atom. The average Bonchev–Trinajstić information content (AvgIpc) is 2.90. The van der Waals surface area contributed by atoms with Crippen LogP contribution in [0.5, 0.6) is 0 Å². The smallest absolute Gasteiger partial charge is 0.316 e. The van der Waals surface area contributed by atoms with Crippen molar-refractivity contribution in [1.82, 2.24) is 10.6 Å². The topological polar surface area (TPSA) is 61.4 Å². The van der Waals surface area contributed by atoms with Gasteiger partial charge in [-0.05, 0) is 44.0 Å². The van der Waals surface area contributed by atoms with Crippen LogP contribution in [0.2, 0.25) is 0 Å². The van der Waals surface area contributed by atoms with Gasteiger partial charge in [0.25, 0.3) is 0 Å². The molecule has 0 radical (unpaired) electrons. The first-order chi connectivity index (χ1) is 9.60. The van der Waals surface area contributed by atoms with Gasteiger partial charge in [0.2, 0.25) is 0 Å². The highest BCUT2D eigenvalue weighted by atomic mass is 16.2. The number of carbonyl (C=O) groups excluding carboxylic acids is 2. The third-order valence-corrected chi connectivity index (χ3v) is 4.25. The number of amides is 2. The molecule has 1 unspecified atom stereocenters. The summed E-state index contributed by atoms with van der Waals surface area (Å²) in [4.78, 5) is 24.8. The van der Waals surface area contributed by atoms with E-state index in [9.17, 15) is 9.59 Å². The average molecular weight is 273 g/mol. The predicted molar refractivity (Wildman–Crippen MR) is 76.4 cm³/mol. The second-order valence-electron chi connectivity index (χ2n) is 5.62. The molecule has 2 amide bonds. The first-order valence-corrected chi connectivity index (χ1v) is 7.05. The van der Waals surface area contributed by atoms with Gasteiger partial charge in [-0.25, -0.2) is 0 Å². The van der Waals surface area contributed by atoms with Crippen molar-refractivity contribution in [2.45, 2.75) is 25.3 Å². The highest BCUT2D eigenvalue weighted by molar-refractivity contribution is 6.41. The molecule has 20 heavy (non-hydrogen) atoms. The summed E-state index contributed by atoms with van der Waals surface area (Å²) in [6.45, 7) is 4.28. The molecular weight excluding hydrogens is 254 g/mol. The van der Waals surface area contributed by atoms with E-state index in [-0.39, 0.29) is 5.54 Å². The molecule has 2 saturated heterocycles. The third-order valence-electron chi connectivity index (χ3n) is 4.25. The lowest BCUT2D eigenvalue weighted by Crippen LogP contribution is -2.52. The van der Waals surface area contributed by atoms with Crippen LogP contribution in [0.3, 0.4) is 0 Å². The summed E-state index contributed by atoms with van der Waals surface area (Å²) >= 11 is 0. The van der Waals surface area contributed by atoms with E-state index in [0.29, 0.717) is 13.1 Å². The molecule has 0 saturated carbocycles. The van der Waals surface area contributed by atoms with E-state index in [2.05, 4.69) is 17.6 Å². The number of piperazine rings is 1. The number of rotatable bonds is 2. The van der Waals surface area contributed by atoms with Gasteiger partial charge in [0.15, 0.2) is 0 Å². The van der Waals surface area contributed by atoms with Crippen LogP contribution in [-0.4, -0.2) is 31.4 Å². The van der Waals surface area contributed by atoms with Crippen molar-refractivity contribution in [1.29, 1.82) is 0 Å². The summed E-state index contributed by atoms with van der Waals surface area (Å²) in [5, 5.41) is 6.07. The summed E-state index contributed by atoms with van der Waals surface area (Å²) in [5.74, 6) is -1.00. The first-order valence-electron chi connectivity index (χ1n) is 7.05. The largest absolute Gasteiger partial charge is 0.346 e. The van der Waals surface area contributed by atoms with Gasteiger partial charge in [-0.1, -0.05) is 12.1 Å². The number of hydrogen-bond donors (Lipinski definition) is 2. The standard InChI is InChI=1S/C15H19N3O2/c1-15(7-2-8-17-15)11-3-5-12(6-4-11)18-10-9-16-13(19)14(18)20/h3-6,17H,2,7-10H2,1H3,(H,16,19). The van der Waals surface area contributed by atoms with Gasteiger partial charge < -0.3 is 15.5 Å². The van der Waals surface area contributed by atoms with Gasteiger partial charge in [-0.15, -0.1) is 0 Å². The molecule has 2 fully saturated rings. The molecule has 1 aromatic rings. The molecule has 0 aliphatic carbocycles. The molecule has 2 N–H and O–H groups in total. The molecule has 0 aromatic heterocycles. The van der Waals surface area contributed by atoms with E-state index in [1.54, 1.807) is 0 Å². The summed E-state index contributed by atoms with van der Waals surface area (Å²) in [6, 6.07) is 7.95. The van der Waals surface area contributed by atoms with Crippen LogP contribution in [0.1, 0.15) is 25.3 Å². The Labute approximate surface area is 118 Å². The zero-order chi connectivity index (χ0) is 14.2. The number of nitrogens with one attached hydrogen (secondary N) is 2. The number of anilines is 1. The Kier molecular flexibility index (Phi) is 3.22. The minimum absolute atomic E-state index is 0.0296. The zero-order valence-corrected chi connectivity index (χ0v) is 11.6. The van der Waals surface area contributed by atoms with Crippen LogP contribution >= 0.6 is 0 Å². The Morgan fingerprint density at radius 1 is 1.15 bits per heavy atom. The normalized spacial score (nSPS) is 26.8. The molecular formula is C15H19N3O2. The number of benzene rings is 1. The predicted octanol–water partition coefficient (Wildman–Crippen LogP) is 0.748. The van der Waals surface area contributed by atoms with Gasteiger partial charge in [-0.3, -0.25) is 9.59 Å². The maximum atomic E-state index is 11.8. The molecule has 2 aliphatic rings. The van der Waals surface area contributed by atoms with Crippen LogP contribution in [0.4, 0.5) is 5.69 Å². The van der Waals surface area contributed by atoms with Crippen molar-refractivity contribution < 1.29 is 9.59 Å². The molecule has 1 aromatic carbocycles. The van der Waals surface area contributed by atoms with Crippen LogP contribution < -0.4 is 15.5 Å².